The molecule has 4 N–H and O–H groups in total. The highest BCUT2D eigenvalue weighted by molar-refractivity contribution is 5.75. The minimum absolute atomic E-state index is 0.120. The summed E-state index contributed by atoms with van der Waals surface area (Å²) >= 11 is 0. The number of nitrogens with one attached hydrogen (secondary N) is 2. The predicted octanol–water partition coefficient (Wildman–Crippen LogP) is 3.67. The first-order valence-electron chi connectivity index (χ1n) is 15.0. The summed E-state index contributed by atoms with van der Waals surface area (Å²) in [6.45, 7) is 2.24. The lowest BCUT2D eigenvalue weighted by Crippen LogP contribution is -2.50. The van der Waals surface area contributed by atoms with E-state index in [9.17, 15) is 19.5 Å². The van der Waals surface area contributed by atoms with Gasteiger partial charge in [0.2, 0.25) is 0 Å². The van der Waals surface area contributed by atoms with E-state index in [1.54, 1.807) is 7.11 Å². The summed E-state index contributed by atoms with van der Waals surface area (Å²) in [7, 11) is 1.67. The number of methoxy groups -OCH3 is 1. The lowest BCUT2D eigenvalue weighted by atomic mass is 9.83. The minimum atomic E-state index is -1.22. The average Bonchev–Trinajstić information content (AvgIpc) is 3.00. The van der Waals surface area contributed by atoms with E-state index >= 15 is 0 Å². The van der Waals surface area contributed by atoms with Crippen molar-refractivity contribution in [1.29, 1.82) is 0 Å². The van der Waals surface area contributed by atoms with Gasteiger partial charge >= 0.3 is 6.09 Å². The highest BCUT2D eigenvalue weighted by atomic mass is 16.5. The maximum Gasteiger partial charge on any atom is 0.404 e. The van der Waals surface area contributed by atoms with E-state index in [1.807, 2.05) is 23.1 Å². The van der Waals surface area contributed by atoms with Crippen LogP contribution in [0.5, 0.6) is 0 Å². The first kappa shape index (κ1) is 31.0. The van der Waals surface area contributed by atoms with E-state index in [1.165, 1.54) is 6.42 Å². The molecule has 2 aliphatic rings. The monoisotopic (exact) mass is 571 g/mol. The summed E-state index contributed by atoms with van der Waals surface area (Å²) in [6.07, 6.45) is 6.27. The molecule has 1 saturated heterocycles. The molecule has 0 aromatic heterocycles. The van der Waals surface area contributed by atoms with Crippen LogP contribution in [0, 0.1) is 11.8 Å². The van der Waals surface area contributed by atoms with Gasteiger partial charge in [-0.2, -0.15) is 0 Å². The Kier molecular flexibility index (Phi) is 11.6. The number of ether oxygens (including phenoxy) is 2. The molecule has 226 valence electrons. The van der Waals surface area contributed by atoms with Crippen molar-refractivity contribution < 1.29 is 24.5 Å². The molecular weight excluding hydrogens is 526 g/mol. The Morgan fingerprint density at radius 2 is 1.80 bits per heavy atom. The van der Waals surface area contributed by atoms with Crippen LogP contribution in [0.25, 0.3) is 0 Å². The Bertz CT molecular complexity index is 1160. The van der Waals surface area contributed by atoms with Gasteiger partial charge in [-0.05, 0) is 37.2 Å². The van der Waals surface area contributed by atoms with Gasteiger partial charge in [0, 0.05) is 45.9 Å². The van der Waals surface area contributed by atoms with Crippen LogP contribution in [0.1, 0.15) is 69.5 Å². The van der Waals surface area contributed by atoms with Crippen molar-refractivity contribution in [2.45, 2.75) is 76.0 Å². The molecule has 4 unspecified atom stereocenters. The van der Waals surface area contributed by atoms with Crippen molar-refractivity contribution in [1.82, 2.24) is 5.32 Å². The maximum absolute atomic E-state index is 12.9. The van der Waals surface area contributed by atoms with Crippen molar-refractivity contribution in [3.63, 3.8) is 0 Å². The summed E-state index contributed by atoms with van der Waals surface area (Å²) in [5.74, 6) is 0.492. The summed E-state index contributed by atoms with van der Waals surface area (Å²) in [4.78, 5) is 38.8. The van der Waals surface area contributed by atoms with Gasteiger partial charge in [-0.3, -0.25) is 9.59 Å². The Morgan fingerprint density at radius 3 is 2.51 bits per heavy atom. The van der Waals surface area contributed by atoms with Crippen LogP contribution in [-0.2, 0) is 9.47 Å². The fraction of sp³-hybridized carbons (Fsp3) is 0.645. The molecule has 2 aromatic rings. The van der Waals surface area contributed by atoms with Crippen LogP contribution in [-0.4, -0.2) is 68.4 Å². The number of piperidine rings is 1. The van der Waals surface area contributed by atoms with Crippen molar-refractivity contribution in [2.24, 2.45) is 11.8 Å². The highest BCUT2D eigenvalue weighted by Gasteiger charge is 2.35. The van der Waals surface area contributed by atoms with Crippen LogP contribution >= 0.6 is 0 Å². The van der Waals surface area contributed by atoms with E-state index in [4.69, 9.17) is 14.6 Å². The van der Waals surface area contributed by atoms with E-state index in [0.717, 1.165) is 50.5 Å². The lowest BCUT2D eigenvalue weighted by Gasteiger charge is -2.40. The third-order valence-corrected chi connectivity index (χ3v) is 8.57. The number of carbonyl (C=O) groups is 1. The van der Waals surface area contributed by atoms with E-state index in [-0.39, 0.29) is 24.3 Å². The van der Waals surface area contributed by atoms with Crippen LogP contribution in [0.15, 0.2) is 39.9 Å². The number of aliphatic hydroxyl groups excluding tert-OH is 1. The summed E-state index contributed by atoms with van der Waals surface area (Å²) in [5.41, 5.74) is 0.604. The molecule has 4 rings (SSSR count). The number of benzene rings is 1. The smallest absolute Gasteiger partial charge is 0.404 e. The standard InChI is InChI=1S/C31H45N3O7/c1-40-16-9-17-41-30(22-12-6-3-7-13-22)23-14-8-15-34(20-23)27-26(28(36)29(27)37)33-24(25(35)19-32-31(38)39)18-21-10-4-2-5-11-21/h3,6-7,12-13,21,23-25,30,32-33,35H,2,4-5,8-11,14-20H2,1H3,(H,38,39). The molecule has 1 heterocycles. The van der Waals surface area contributed by atoms with Gasteiger partial charge in [0.1, 0.15) is 11.4 Å². The second kappa shape index (κ2) is 15.3. The van der Waals surface area contributed by atoms with Gasteiger partial charge < -0.3 is 35.2 Å². The molecule has 2 fully saturated rings. The molecule has 1 amide bonds. The van der Waals surface area contributed by atoms with Crippen LogP contribution < -0.4 is 26.4 Å². The van der Waals surface area contributed by atoms with E-state index in [2.05, 4.69) is 22.8 Å². The number of nitrogens with zero attached hydrogens (tertiary/aromatic N) is 1. The molecule has 4 atom stereocenters. The van der Waals surface area contributed by atoms with Crippen molar-refractivity contribution in [2.75, 3.05) is 50.2 Å². The highest BCUT2D eigenvalue weighted by Crippen LogP contribution is 2.36. The third-order valence-electron chi connectivity index (χ3n) is 8.57. The lowest BCUT2D eigenvalue weighted by molar-refractivity contribution is -0.00235. The minimum Gasteiger partial charge on any atom is -0.465 e. The second-order valence-corrected chi connectivity index (χ2v) is 11.5. The van der Waals surface area contributed by atoms with Crippen molar-refractivity contribution in [3.8, 4) is 0 Å². The number of amides is 1. The van der Waals surface area contributed by atoms with Crippen LogP contribution in [0.4, 0.5) is 16.2 Å². The Morgan fingerprint density at radius 1 is 1.05 bits per heavy atom. The van der Waals surface area contributed by atoms with Gasteiger partial charge in [0.15, 0.2) is 0 Å². The molecular formula is C31H45N3O7. The van der Waals surface area contributed by atoms with E-state index < -0.39 is 29.1 Å². The van der Waals surface area contributed by atoms with Gasteiger partial charge in [-0.25, -0.2) is 4.79 Å². The molecule has 10 nitrogen and oxygen atoms in total. The molecule has 0 spiro atoms. The number of carboxylic acid groups (broad SMARTS) is 1. The van der Waals surface area contributed by atoms with Gasteiger partial charge in [-0.15, -0.1) is 0 Å². The average molecular weight is 572 g/mol. The number of rotatable bonds is 15. The zero-order valence-corrected chi connectivity index (χ0v) is 24.1. The normalized spacial score (nSPS) is 20.4. The first-order chi connectivity index (χ1) is 19.9. The Labute approximate surface area is 241 Å². The van der Waals surface area contributed by atoms with Gasteiger partial charge in [-0.1, -0.05) is 62.4 Å². The predicted molar refractivity (Wildman–Crippen MR) is 159 cm³/mol. The number of aliphatic hydroxyl groups is 1. The summed E-state index contributed by atoms with van der Waals surface area (Å²) in [6, 6.07) is 9.55. The molecule has 1 saturated carbocycles. The molecule has 0 radical (unpaired) electrons. The zero-order valence-electron chi connectivity index (χ0n) is 24.1. The third kappa shape index (κ3) is 8.30. The fourth-order valence-corrected chi connectivity index (χ4v) is 6.45. The number of hydrogen-bond donors (Lipinski definition) is 4. The molecule has 1 aliphatic carbocycles. The molecule has 0 bridgehead atoms. The SMILES string of the molecule is COCCCOC(c1ccccc1)C1CCCN(c2c(NC(CC3CCCCC3)C(O)CNC(=O)O)c(=O)c2=O)C1. The Balaban J connectivity index is 1.51. The first-order valence-corrected chi connectivity index (χ1v) is 15.0. The summed E-state index contributed by atoms with van der Waals surface area (Å²) in [5, 5.41) is 25.4. The molecule has 1 aliphatic heterocycles. The van der Waals surface area contributed by atoms with E-state index in [0.29, 0.717) is 44.3 Å². The zero-order chi connectivity index (χ0) is 29.2. The maximum atomic E-state index is 12.9. The van der Waals surface area contributed by atoms with Crippen LogP contribution in [0.3, 0.4) is 0 Å². The number of anilines is 2. The van der Waals surface area contributed by atoms with Gasteiger partial charge in [0.25, 0.3) is 10.9 Å². The molecule has 41 heavy (non-hydrogen) atoms. The molecule has 10 heteroatoms. The van der Waals surface area contributed by atoms with Gasteiger partial charge in [0.05, 0.1) is 18.2 Å². The topological polar surface area (TPSA) is 137 Å². The van der Waals surface area contributed by atoms with Crippen molar-refractivity contribution in [3.05, 3.63) is 56.3 Å². The Hall–Kier alpha value is -2.95. The second-order valence-electron chi connectivity index (χ2n) is 11.5. The largest absolute Gasteiger partial charge is 0.465 e. The fourth-order valence-electron chi connectivity index (χ4n) is 6.45. The number of hydrogen-bond acceptors (Lipinski definition) is 8. The summed E-state index contributed by atoms with van der Waals surface area (Å²) < 4.78 is 11.6. The van der Waals surface area contributed by atoms with Crippen LogP contribution in [0.2, 0.25) is 0 Å². The van der Waals surface area contributed by atoms with Crippen molar-refractivity contribution >= 4 is 17.5 Å². The molecule has 2 aromatic carbocycles. The quantitative estimate of drug-likeness (QED) is 0.186.